The molecule has 0 unspecified atom stereocenters. The maximum absolute atomic E-state index is 11.1. The minimum Gasteiger partial charge on any atom is -0.316 e. The maximum Gasteiger partial charge on any atom is 0.338 e. The first-order valence-corrected chi connectivity index (χ1v) is 4.87. The lowest BCUT2D eigenvalue weighted by Crippen LogP contribution is -2.36. The van der Waals surface area contributed by atoms with Crippen LogP contribution in [0.25, 0.3) is 11.0 Å². The van der Waals surface area contributed by atoms with Gasteiger partial charge < -0.3 is 9.97 Å². The maximum atomic E-state index is 11.1. The van der Waals surface area contributed by atoms with E-state index in [4.69, 9.17) is 0 Å². The van der Waals surface area contributed by atoms with Gasteiger partial charge >= 0.3 is 22.9 Å². The van der Waals surface area contributed by atoms with Gasteiger partial charge in [0.1, 0.15) is 0 Å². The van der Waals surface area contributed by atoms with Crippen molar-refractivity contribution >= 4 is 22.8 Å². The quantitative estimate of drug-likeness (QED) is 0.498. The monoisotopic (exact) mass is 244 g/mol. The predicted molar refractivity (Wildman–Crippen MR) is 57.5 cm³/mol. The zero-order valence-electron chi connectivity index (χ0n) is 8.68. The van der Waals surface area contributed by atoms with Gasteiger partial charge in [0.05, 0.1) is 21.7 Å². The number of carbonyl (C=O) groups excluding carboxylic acids is 2. The highest BCUT2D eigenvalue weighted by Crippen LogP contribution is 1.98. The number of hydrogen-bond acceptors (Lipinski definition) is 4. The van der Waals surface area contributed by atoms with Crippen LogP contribution in [0.2, 0.25) is 0 Å². The van der Waals surface area contributed by atoms with Crippen LogP contribution in [-0.2, 0) is 9.59 Å². The van der Waals surface area contributed by atoms with Gasteiger partial charge in [-0.05, 0) is 12.1 Å². The summed E-state index contributed by atoms with van der Waals surface area (Å²) in [4.78, 5) is 56.2. The number of nitrogens with zero attached hydrogens (tertiary/aromatic N) is 2. The first-order valence-electron chi connectivity index (χ1n) is 4.87. The van der Waals surface area contributed by atoms with Crippen molar-refractivity contribution in [1.29, 1.82) is 0 Å². The van der Waals surface area contributed by atoms with Crippen LogP contribution in [0.3, 0.4) is 0 Å². The molecular weight excluding hydrogens is 240 g/mol. The Morgan fingerprint density at radius 1 is 0.722 bits per heavy atom. The summed E-state index contributed by atoms with van der Waals surface area (Å²) in [5, 5.41) is 0.351. The summed E-state index contributed by atoms with van der Waals surface area (Å²) < 4.78 is 0. The standard InChI is InChI=1S/C10H4N4O4/c15-7-9(17)13-5-2-6-4(1-3(5)11-7)12-8(16)10(18)14-6/h1-2H,(H,11,15)(H,13,17). The Hall–Kier alpha value is -2.90. The van der Waals surface area contributed by atoms with Crippen molar-refractivity contribution in [2.24, 2.45) is 9.98 Å². The Balaban J connectivity index is 2.54. The fourth-order valence-corrected chi connectivity index (χ4v) is 1.64. The van der Waals surface area contributed by atoms with E-state index in [1.807, 2.05) is 0 Å². The largest absolute Gasteiger partial charge is 0.338 e. The number of amides is 2. The second-order valence-electron chi connectivity index (χ2n) is 3.63. The second-order valence-corrected chi connectivity index (χ2v) is 3.63. The van der Waals surface area contributed by atoms with E-state index in [0.717, 1.165) is 0 Å². The Bertz CT molecular complexity index is 872. The summed E-state index contributed by atoms with van der Waals surface area (Å²) in [5.41, 5.74) is -1.01. The Morgan fingerprint density at radius 2 is 1.11 bits per heavy atom. The van der Waals surface area contributed by atoms with E-state index < -0.39 is 22.9 Å². The topological polar surface area (TPSA) is 125 Å². The molecule has 18 heavy (non-hydrogen) atoms. The molecule has 0 aliphatic carbocycles. The zero-order chi connectivity index (χ0) is 12.9. The molecule has 1 aromatic heterocycles. The highest BCUT2D eigenvalue weighted by molar-refractivity contribution is 6.36. The average Bonchev–Trinajstić information content (AvgIpc) is 2.31. The van der Waals surface area contributed by atoms with Gasteiger partial charge in [0.15, 0.2) is 0 Å². The third kappa shape index (κ3) is 1.39. The van der Waals surface area contributed by atoms with Gasteiger partial charge in [0.25, 0.3) is 0 Å². The zero-order valence-corrected chi connectivity index (χ0v) is 8.68. The predicted octanol–water partition coefficient (Wildman–Crippen LogP) is -2.48. The summed E-state index contributed by atoms with van der Waals surface area (Å²) in [7, 11) is 0. The van der Waals surface area contributed by atoms with Crippen molar-refractivity contribution in [3.8, 4) is 0 Å². The van der Waals surface area contributed by atoms with Crippen LogP contribution in [-0.4, -0.2) is 21.8 Å². The molecule has 0 bridgehead atoms. The molecule has 8 heteroatoms. The highest BCUT2D eigenvalue weighted by Gasteiger charge is 2.15. The number of carbonyl (C=O) groups is 2. The van der Waals surface area contributed by atoms with Gasteiger partial charge in [0.2, 0.25) is 0 Å². The number of benzene rings is 1. The average molecular weight is 244 g/mol. The molecule has 2 amide bonds. The first kappa shape index (κ1) is 10.3. The normalized spacial score (nSPS) is 14.0. The smallest absolute Gasteiger partial charge is 0.316 e. The van der Waals surface area contributed by atoms with Crippen LogP contribution < -0.4 is 21.8 Å². The van der Waals surface area contributed by atoms with Crippen LogP contribution in [0.4, 0.5) is 0 Å². The fraction of sp³-hybridized carbons (Fsp3) is 0. The lowest BCUT2D eigenvalue weighted by Gasteiger charge is -2.00. The molecular formula is C10H4N4O4. The SMILES string of the molecule is O=C1N=c2cc3[nH]c(=O)c(=O)[nH]c3cc2=NC1=O. The summed E-state index contributed by atoms with van der Waals surface area (Å²) in [5.74, 6) is -1.93. The number of hydrogen-bond donors (Lipinski definition) is 2. The molecule has 0 saturated heterocycles. The van der Waals surface area contributed by atoms with Gasteiger partial charge in [-0.1, -0.05) is 0 Å². The summed E-state index contributed by atoms with van der Waals surface area (Å²) in [6, 6.07) is 2.74. The van der Waals surface area contributed by atoms with E-state index in [1.165, 1.54) is 12.1 Å². The molecule has 1 aliphatic heterocycles. The lowest BCUT2D eigenvalue weighted by atomic mass is 10.2. The number of rotatable bonds is 0. The molecule has 1 aliphatic rings. The summed E-state index contributed by atoms with van der Waals surface area (Å²) >= 11 is 0. The molecule has 0 fully saturated rings. The molecule has 2 N–H and O–H groups in total. The van der Waals surface area contributed by atoms with Gasteiger partial charge in [-0.2, -0.15) is 0 Å². The van der Waals surface area contributed by atoms with Crippen molar-refractivity contribution < 1.29 is 9.59 Å². The molecule has 8 nitrogen and oxygen atoms in total. The first-order chi connectivity index (χ1) is 8.54. The van der Waals surface area contributed by atoms with E-state index >= 15 is 0 Å². The van der Waals surface area contributed by atoms with Crippen molar-refractivity contribution in [2.75, 3.05) is 0 Å². The second kappa shape index (κ2) is 3.29. The molecule has 0 spiro atoms. The van der Waals surface area contributed by atoms with Gasteiger partial charge in [0, 0.05) is 0 Å². The molecule has 0 saturated carbocycles. The molecule has 2 heterocycles. The third-order valence-corrected chi connectivity index (χ3v) is 2.44. The highest BCUT2D eigenvalue weighted by atomic mass is 16.2. The van der Waals surface area contributed by atoms with Crippen molar-refractivity contribution in [3.05, 3.63) is 43.6 Å². The number of nitrogens with one attached hydrogen (secondary N) is 2. The molecule has 1 aromatic carbocycles. The summed E-state index contributed by atoms with van der Waals surface area (Å²) in [6.45, 7) is 0. The number of H-pyrrole nitrogens is 2. The van der Waals surface area contributed by atoms with E-state index in [1.54, 1.807) is 0 Å². The molecule has 0 radical (unpaired) electrons. The van der Waals surface area contributed by atoms with E-state index in [2.05, 4.69) is 20.0 Å². The fourth-order valence-electron chi connectivity index (χ4n) is 1.64. The van der Waals surface area contributed by atoms with Crippen LogP contribution in [0.15, 0.2) is 31.7 Å². The van der Waals surface area contributed by atoms with E-state index in [0.29, 0.717) is 11.0 Å². The Labute approximate surface area is 96.7 Å². The Kier molecular flexibility index (Phi) is 1.88. The van der Waals surface area contributed by atoms with Crippen LogP contribution in [0, 0.1) is 0 Å². The Morgan fingerprint density at radius 3 is 1.50 bits per heavy atom. The van der Waals surface area contributed by atoms with E-state index in [-0.39, 0.29) is 10.7 Å². The molecule has 2 aromatic rings. The van der Waals surface area contributed by atoms with Gasteiger partial charge in [-0.3, -0.25) is 19.2 Å². The van der Waals surface area contributed by atoms with Crippen molar-refractivity contribution in [3.63, 3.8) is 0 Å². The van der Waals surface area contributed by atoms with Crippen LogP contribution in [0.1, 0.15) is 0 Å². The minimum atomic E-state index is -0.964. The minimum absolute atomic E-state index is 0.176. The summed E-state index contributed by atoms with van der Waals surface area (Å²) in [6.07, 6.45) is 0. The number of aromatic nitrogens is 2. The van der Waals surface area contributed by atoms with Gasteiger partial charge in [-0.15, -0.1) is 0 Å². The number of fused-ring (bicyclic) bond motifs is 2. The van der Waals surface area contributed by atoms with Crippen molar-refractivity contribution in [2.45, 2.75) is 0 Å². The molecule has 3 rings (SSSR count). The van der Waals surface area contributed by atoms with E-state index in [9.17, 15) is 19.2 Å². The van der Waals surface area contributed by atoms with Gasteiger partial charge in [-0.25, -0.2) is 9.98 Å². The third-order valence-electron chi connectivity index (χ3n) is 2.44. The molecule has 0 atom stereocenters. The number of aromatic amines is 2. The van der Waals surface area contributed by atoms with Crippen LogP contribution in [0.5, 0.6) is 0 Å². The van der Waals surface area contributed by atoms with Crippen LogP contribution >= 0.6 is 0 Å². The lowest BCUT2D eigenvalue weighted by molar-refractivity contribution is -0.135. The van der Waals surface area contributed by atoms with Crippen molar-refractivity contribution in [1.82, 2.24) is 9.97 Å². The molecule has 88 valence electrons.